The van der Waals surface area contributed by atoms with Crippen molar-refractivity contribution in [2.75, 3.05) is 13.7 Å². The van der Waals surface area contributed by atoms with Crippen LogP contribution < -0.4 is 0 Å². The lowest BCUT2D eigenvalue weighted by Gasteiger charge is -2.43. The van der Waals surface area contributed by atoms with Gasteiger partial charge in [0.25, 0.3) is 0 Å². The molecule has 78 valence electrons. The number of carbonyl (C=O) groups excluding carboxylic acids is 1. The first-order valence-corrected chi connectivity index (χ1v) is 5.19. The third-order valence-corrected chi connectivity index (χ3v) is 3.23. The number of hydrogen-bond donors (Lipinski definition) is 0. The monoisotopic (exact) mass is 195 g/mol. The first-order chi connectivity index (χ1) is 6.70. The van der Waals surface area contributed by atoms with Crippen LogP contribution in [0.4, 0.5) is 0 Å². The van der Waals surface area contributed by atoms with Gasteiger partial charge in [-0.2, -0.15) is 0 Å². The Morgan fingerprint density at radius 3 is 2.86 bits per heavy atom. The van der Waals surface area contributed by atoms with Crippen molar-refractivity contribution in [3.05, 3.63) is 12.2 Å². The number of nitrogens with zero attached hydrogens (tertiary/aromatic N) is 1. The van der Waals surface area contributed by atoms with Crippen molar-refractivity contribution in [1.82, 2.24) is 4.90 Å². The lowest BCUT2D eigenvalue weighted by Crippen LogP contribution is -2.58. The van der Waals surface area contributed by atoms with E-state index >= 15 is 0 Å². The second kappa shape index (κ2) is 3.83. The van der Waals surface area contributed by atoms with Gasteiger partial charge in [-0.3, -0.25) is 9.69 Å². The van der Waals surface area contributed by atoms with Crippen LogP contribution in [0.2, 0.25) is 0 Å². The highest BCUT2D eigenvalue weighted by molar-refractivity contribution is 5.82. The Morgan fingerprint density at radius 1 is 1.43 bits per heavy atom. The second-order valence-electron chi connectivity index (χ2n) is 4.19. The predicted molar refractivity (Wildman–Crippen MR) is 54.1 cm³/mol. The number of fused-ring (bicyclic) bond motifs is 4. The number of ether oxygens (including phenoxy) is 1. The quantitative estimate of drug-likeness (QED) is 0.584. The molecule has 3 aliphatic rings. The minimum atomic E-state index is -0.0429. The van der Waals surface area contributed by atoms with Crippen molar-refractivity contribution in [3.8, 4) is 0 Å². The van der Waals surface area contributed by atoms with Gasteiger partial charge in [-0.1, -0.05) is 12.2 Å². The summed E-state index contributed by atoms with van der Waals surface area (Å²) < 4.78 is 5.71. The fourth-order valence-corrected chi connectivity index (χ4v) is 2.40. The highest BCUT2D eigenvalue weighted by Gasteiger charge is 2.38. The molecule has 3 rings (SSSR count). The van der Waals surface area contributed by atoms with Crippen LogP contribution in [0.5, 0.6) is 0 Å². The fourth-order valence-electron chi connectivity index (χ4n) is 2.40. The molecular weight excluding hydrogens is 178 g/mol. The summed E-state index contributed by atoms with van der Waals surface area (Å²) >= 11 is 0. The Morgan fingerprint density at radius 2 is 2.14 bits per heavy atom. The molecule has 3 unspecified atom stereocenters. The summed E-state index contributed by atoms with van der Waals surface area (Å²) in [4.78, 5) is 13.7. The maximum absolute atomic E-state index is 11.5. The molecule has 3 heteroatoms. The molecule has 14 heavy (non-hydrogen) atoms. The molecule has 2 bridgehead atoms. The van der Waals surface area contributed by atoms with E-state index < -0.39 is 0 Å². The summed E-state index contributed by atoms with van der Waals surface area (Å²) in [6.07, 6.45) is 6.26. The molecule has 0 saturated carbocycles. The van der Waals surface area contributed by atoms with Crippen LogP contribution in [0.15, 0.2) is 12.2 Å². The van der Waals surface area contributed by atoms with Crippen molar-refractivity contribution in [1.29, 1.82) is 0 Å². The Labute approximate surface area is 84.7 Å². The minimum absolute atomic E-state index is 0.0429. The van der Waals surface area contributed by atoms with Crippen LogP contribution >= 0.6 is 0 Å². The topological polar surface area (TPSA) is 29.5 Å². The maximum Gasteiger partial charge on any atom is 0.149 e. The van der Waals surface area contributed by atoms with E-state index in [0.29, 0.717) is 6.04 Å². The van der Waals surface area contributed by atoms with Crippen molar-refractivity contribution in [3.63, 3.8) is 0 Å². The molecule has 0 spiro atoms. The SMILES string of the molecule is CC(=O)C1C2CC=CCC(CO2)N1C. The Hall–Kier alpha value is -0.670. The van der Waals surface area contributed by atoms with Gasteiger partial charge in [-0.25, -0.2) is 0 Å². The number of ketones is 1. The summed E-state index contributed by atoms with van der Waals surface area (Å²) in [6.45, 7) is 2.42. The molecule has 1 fully saturated rings. The predicted octanol–water partition coefficient (Wildman–Crippen LogP) is 0.993. The molecule has 3 atom stereocenters. The van der Waals surface area contributed by atoms with E-state index in [1.807, 2.05) is 7.05 Å². The largest absolute Gasteiger partial charge is 0.374 e. The first kappa shape index (κ1) is 9.87. The van der Waals surface area contributed by atoms with E-state index in [2.05, 4.69) is 17.1 Å². The van der Waals surface area contributed by atoms with E-state index in [1.54, 1.807) is 6.92 Å². The number of hydrogen-bond acceptors (Lipinski definition) is 3. The van der Waals surface area contributed by atoms with Crippen molar-refractivity contribution in [2.24, 2.45) is 0 Å². The third kappa shape index (κ3) is 1.62. The van der Waals surface area contributed by atoms with Gasteiger partial charge in [0.15, 0.2) is 0 Å². The minimum Gasteiger partial charge on any atom is -0.374 e. The van der Waals surface area contributed by atoms with Gasteiger partial charge in [0, 0.05) is 6.04 Å². The van der Waals surface area contributed by atoms with E-state index in [9.17, 15) is 4.79 Å². The van der Waals surface area contributed by atoms with Gasteiger partial charge in [0.1, 0.15) is 5.78 Å². The van der Waals surface area contributed by atoms with Gasteiger partial charge >= 0.3 is 0 Å². The van der Waals surface area contributed by atoms with Crippen LogP contribution in [0.3, 0.4) is 0 Å². The van der Waals surface area contributed by atoms with Gasteiger partial charge < -0.3 is 4.74 Å². The Kier molecular flexibility index (Phi) is 2.70. The van der Waals surface area contributed by atoms with E-state index in [-0.39, 0.29) is 17.9 Å². The molecule has 0 N–H and O–H groups in total. The Bertz CT molecular complexity index is 262. The summed E-state index contributed by atoms with van der Waals surface area (Å²) in [5, 5.41) is 0. The van der Waals surface area contributed by atoms with Crippen molar-refractivity contribution < 1.29 is 9.53 Å². The molecule has 0 aromatic heterocycles. The van der Waals surface area contributed by atoms with Crippen LogP contribution in [0, 0.1) is 0 Å². The molecule has 3 nitrogen and oxygen atoms in total. The molecule has 3 heterocycles. The standard InChI is InChI=1S/C11H17NO2/c1-8(13)11-10-6-4-3-5-9(7-14-10)12(11)2/h3-4,9-11H,5-7H2,1-2H3. The van der Waals surface area contributed by atoms with Crippen LogP contribution in [-0.4, -0.2) is 42.5 Å². The molecule has 0 aromatic carbocycles. The van der Waals surface area contributed by atoms with Gasteiger partial charge in [0.05, 0.1) is 18.8 Å². The lowest BCUT2D eigenvalue weighted by molar-refractivity contribution is -0.140. The fraction of sp³-hybridized carbons (Fsp3) is 0.727. The van der Waals surface area contributed by atoms with Gasteiger partial charge in [-0.05, 0) is 26.8 Å². The van der Waals surface area contributed by atoms with Crippen LogP contribution in [0.25, 0.3) is 0 Å². The number of Topliss-reactive ketones (excluding diaryl/α,β-unsaturated/α-hetero) is 1. The zero-order chi connectivity index (χ0) is 10.1. The summed E-state index contributed by atoms with van der Waals surface area (Å²) in [6, 6.07) is 0.329. The summed E-state index contributed by atoms with van der Waals surface area (Å²) in [5.74, 6) is 0.220. The molecule has 0 radical (unpaired) electrons. The highest BCUT2D eigenvalue weighted by atomic mass is 16.5. The number of rotatable bonds is 1. The van der Waals surface area contributed by atoms with Crippen LogP contribution in [0.1, 0.15) is 19.8 Å². The molecular formula is C11H17NO2. The smallest absolute Gasteiger partial charge is 0.149 e. The van der Waals surface area contributed by atoms with Crippen molar-refractivity contribution >= 4 is 5.78 Å². The number of carbonyl (C=O) groups is 1. The summed E-state index contributed by atoms with van der Waals surface area (Å²) in [5.41, 5.74) is 0. The average Bonchev–Trinajstić information content (AvgIpc) is 2.06. The van der Waals surface area contributed by atoms with Gasteiger partial charge in [-0.15, -0.1) is 0 Å². The highest BCUT2D eigenvalue weighted by Crippen LogP contribution is 2.25. The number of likely N-dealkylation sites (N-methyl/N-ethyl adjacent to an activating group) is 1. The third-order valence-electron chi connectivity index (χ3n) is 3.23. The first-order valence-electron chi connectivity index (χ1n) is 5.19. The molecule has 3 aliphatic heterocycles. The molecule has 0 aliphatic carbocycles. The lowest BCUT2D eigenvalue weighted by atomic mass is 9.94. The summed E-state index contributed by atoms with van der Waals surface area (Å²) in [7, 11) is 2.03. The van der Waals surface area contributed by atoms with Gasteiger partial charge in [0.2, 0.25) is 0 Å². The van der Waals surface area contributed by atoms with Crippen molar-refractivity contribution in [2.45, 2.75) is 38.0 Å². The molecule has 0 aromatic rings. The number of morpholine rings is 1. The maximum atomic E-state index is 11.5. The molecule has 0 amide bonds. The second-order valence-corrected chi connectivity index (χ2v) is 4.19. The van der Waals surface area contributed by atoms with E-state index in [0.717, 1.165) is 19.4 Å². The average molecular weight is 195 g/mol. The zero-order valence-electron chi connectivity index (χ0n) is 8.77. The zero-order valence-corrected chi connectivity index (χ0v) is 8.77. The molecule has 1 saturated heterocycles. The normalized spacial score (nSPS) is 38.0. The van der Waals surface area contributed by atoms with E-state index in [4.69, 9.17) is 4.74 Å². The van der Waals surface area contributed by atoms with Crippen LogP contribution in [-0.2, 0) is 9.53 Å². The van der Waals surface area contributed by atoms with E-state index in [1.165, 1.54) is 0 Å². The Balaban J connectivity index is 2.25.